The molecule has 0 spiro atoms. The van der Waals surface area contributed by atoms with Crippen LogP contribution in [-0.2, 0) is 6.42 Å². The normalized spacial score (nSPS) is 10.3. The topological polar surface area (TPSA) is 62.2 Å². The number of nitrogens with one attached hydrogen (secondary N) is 1. The van der Waals surface area contributed by atoms with E-state index in [2.05, 4.69) is 10.3 Å². The minimum atomic E-state index is -0.577. The number of carbonyl (C=O) groups is 1. The molecule has 0 radical (unpaired) electrons. The Morgan fingerprint density at radius 1 is 1.50 bits per heavy atom. The lowest BCUT2D eigenvalue weighted by Crippen LogP contribution is -2.25. The Morgan fingerprint density at radius 2 is 2.33 bits per heavy atom. The average molecular weight is 266 g/mol. The number of nitrogens with zero attached hydrogens (tertiary/aromatic N) is 1. The predicted octanol–water partition coefficient (Wildman–Crippen LogP) is 1.96. The minimum absolute atomic E-state index is 0.0645. The highest BCUT2D eigenvalue weighted by atomic mass is 32.1. The van der Waals surface area contributed by atoms with Crippen molar-refractivity contribution >= 4 is 17.2 Å². The number of hydrogen-bond acceptors (Lipinski definition) is 4. The third-order valence-corrected chi connectivity index (χ3v) is 2.99. The zero-order chi connectivity index (χ0) is 13.0. The molecule has 0 aliphatic carbocycles. The monoisotopic (exact) mass is 266 g/mol. The molecular formula is C12H11FN2O2S. The van der Waals surface area contributed by atoms with Gasteiger partial charge in [-0.05, 0) is 12.1 Å². The molecule has 6 heteroatoms. The molecule has 1 aromatic carbocycles. The van der Waals surface area contributed by atoms with Gasteiger partial charge >= 0.3 is 0 Å². The second kappa shape index (κ2) is 5.59. The number of amides is 1. The Kier molecular flexibility index (Phi) is 3.88. The Morgan fingerprint density at radius 3 is 3.00 bits per heavy atom. The van der Waals surface area contributed by atoms with E-state index < -0.39 is 11.7 Å². The average Bonchev–Trinajstić information content (AvgIpc) is 2.81. The number of phenolic OH excluding ortho intramolecular Hbond substituents is 1. The second-order valence-corrected chi connectivity index (χ2v) is 4.37. The van der Waals surface area contributed by atoms with Crippen LogP contribution in [0.4, 0.5) is 4.39 Å². The summed E-state index contributed by atoms with van der Waals surface area (Å²) in [7, 11) is 0. The smallest absolute Gasteiger partial charge is 0.255 e. The van der Waals surface area contributed by atoms with E-state index >= 15 is 0 Å². The SMILES string of the molecule is O=C(NCCc1cscn1)c1ccc(F)cc1O. The Hall–Kier alpha value is -1.95. The fraction of sp³-hybridized carbons (Fsp3) is 0.167. The summed E-state index contributed by atoms with van der Waals surface area (Å²) in [6.07, 6.45) is 0.622. The first-order valence-corrected chi connectivity index (χ1v) is 6.25. The first-order valence-electron chi connectivity index (χ1n) is 5.30. The number of hydrogen-bond donors (Lipinski definition) is 2. The van der Waals surface area contributed by atoms with E-state index in [0.717, 1.165) is 17.8 Å². The van der Waals surface area contributed by atoms with E-state index in [1.54, 1.807) is 5.51 Å². The summed E-state index contributed by atoms with van der Waals surface area (Å²) in [6, 6.07) is 3.30. The van der Waals surface area contributed by atoms with Crippen LogP contribution >= 0.6 is 11.3 Å². The number of aromatic nitrogens is 1. The highest BCUT2D eigenvalue weighted by molar-refractivity contribution is 7.07. The van der Waals surface area contributed by atoms with Crippen molar-refractivity contribution in [1.82, 2.24) is 10.3 Å². The molecule has 1 aromatic heterocycles. The van der Waals surface area contributed by atoms with Crippen LogP contribution in [0.5, 0.6) is 5.75 Å². The van der Waals surface area contributed by atoms with E-state index in [4.69, 9.17) is 0 Å². The van der Waals surface area contributed by atoms with Crippen LogP contribution in [0.15, 0.2) is 29.1 Å². The molecule has 0 fully saturated rings. The van der Waals surface area contributed by atoms with Gasteiger partial charge in [-0.3, -0.25) is 4.79 Å². The molecule has 0 saturated heterocycles. The molecular weight excluding hydrogens is 255 g/mol. The standard InChI is InChI=1S/C12H11FN2O2S/c13-8-1-2-10(11(16)5-8)12(17)14-4-3-9-6-18-7-15-9/h1-2,5-7,16H,3-4H2,(H,14,17). The maximum absolute atomic E-state index is 12.7. The van der Waals surface area contributed by atoms with Crippen molar-refractivity contribution in [1.29, 1.82) is 0 Å². The third kappa shape index (κ3) is 3.04. The zero-order valence-corrected chi connectivity index (χ0v) is 10.2. The van der Waals surface area contributed by atoms with Gasteiger partial charge in [0.2, 0.25) is 0 Å². The van der Waals surface area contributed by atoms with Gasteiger partial charge in [0.15, 0.2) is 0 Å². The molecule has 0 unspecified atom stereocenters. The van der Waals surface area contributed by atoms with Gasteiger partial charge in [0.1, 0.15) is 11.6 Å². The van der Waals surface area contributed by atoms with E-state index in [1.165, 1.54) is 17.4 Å². The predicted molar refractivity (Wildman–Crippen MR) is 66.2 cm³/mol. The maximum atomic E-state index is 12.7. The van der Waals surface area contributed by atoms with Crippen LogP contribution in [0.3, 0.4) is 0 Å². The molecule has 0 atom stereocenters. The van der Waals surface area contributed by atoms with Crippen LogP contribution in [0, 0.1) is 5.82 Å². The highest BCUT2D eigenvalue weighted by Gasteiger charge is 2.11. The molecule has 2 rings (SSSR count). The van der Waals surface area contributed by atoms with Crippen molar-refractivity contribution in [2.45, 2.75) is 6.42 Å². The minimum Gasteiger partial charge on any atom is -0.507 e. The van der Waals surface area contributed by atoms with Crippen molar-refractivity contribution in [2.24, 2.45) is 0 Å². The van der Waals surface area contributed by atoms with Gasteiger partial charge in [-0.15, -0.1) is 11.3 Å². The van der Waals surface area contributed by atoms with Crippen LogP contribution in [0.25, 0.3) is 0 Å². The van der Waals surface area contributed by atoms with Gasteiger partial charge in [-0.25, -0.2) is 9.37 Å². The number of thiazole rings is 1. The van der Waals surface area contributed by atoms with E-state index in [0.29, 0.717) is 13.0 Å². The van der Waals surface area contributed by atoms with Crippen LogP contribution in [0.1, 0.15) is 16.1 Å². The maximum Gasteiger partial charge on any atom is 0.255 e. The first kappa shape index (κ1) is 12.5. The van der Waals surface area contributed by atoms with Gasteiger partial charge in [0.25, 0.3) is 5.91 Å². The van der Waals surface area contributed by atoms with Crippen molar-refractivity contribution in [2.75, 3.05) is 6.54 Å². The summed E-state index contributed by atoms with van der Waals surface area (Å²) >= 11 is 1.49. The lowest BCUT2D eigenvalue weighted by Gasteiger charge is -2.05. The molecule has 2 N–H and O–H groups in total. The summed E-state index contributed by atoms with van der Waals surface area (Å²) in [5.74, 6) is -1.37. The number of phenols is 1. The molecule has 0 aliphatic heterocycles. The van der Waals surface area contributed by atoms with Gasteiger partial charge in [-0.2, -0.15) is 0 Å². The Labute approximate surface area is 107 Å². The molecule has 1 heterocycles. The van der Waals surface area contributed by atoms with E-state index in [-0.39, 0.29) is 11.3 Å². The fourth-order valence-electron chi connectivity index (χ4n) is 1.46. The summed E-state index contributed by atoms with van der Waals surface area (Å²) in [5, 5.41) is 14.0. The van der Waals surface area contributed by atoms with Gasteiger partial charge in [0, 0.05) is 24.4 Å². The van der Waals surface area contributed by atoms with Crippen LogP contribution in [0.2, 0.25) is 0 Å². The molecule has 4 nitrogen and oxygen atoms in total. The zero-order valence-electron chi connectivity index (χ0n) is 9.39. The van der Waals surface area contributed by atoms with Crippen molar-refractivity contribution < 1.29 is 14.3 Å². The quantitative estimate of drug-likeness (QED) is 0.889. The van der Waals surface area contributed by atoms with Crippen LogP contribution in [-0.4, -0.2) is 22.5 Å². The molecule has 0 bridgehead atoms. The summed E-state index contributed by atoms with van der Waals surface area (Å²) in [5.41, 5.74) is 2.70. The van der Waals surface area contributed by atoms with Crippen molar-refractivity contribution in [3.63, 3.8) is 0 Å². The van der Waals surface area contributed by atoms with E-state index in [9.17, 15) is 14.3 Å². The largest absolute Gasteiger partial charge is 0.507 e. The lowest BCUT2D eigenvalue weighted by molar-refractivity contribution is 0.0951. The van der Waals surface area contributed by atoms with Gasteiger partial charge in [-0.1, -0.05) is 0 Å². The van der Waals surface area contributed by atoms with E-state index in [1.807, 2.05) is 5.38 Å². The van der Waals surface area contributed by atoms with Crippen LogP contribution < -0.4 is 5.32 Å². The van der Waals surface area contributed by atoms with Gasteiger partial charge < -0.3 is 10.4 Å². The Balaban J connectivity index is 1.91. The molecule has 94 valence electrons. The lowest BCUT2D eigenvalue weighted by atomic mass is 10.2. The summed E-state index contributed by atoms with van der Waals surface area (Å²) in [6.45, 7) is 0.416. The molecule has 1 amide bonds. The van der Waals surface area contributed by atoms with Gasteiger partial charge in [0.05, 0.1) is 16.8 Å². The fourth-order valence-corrected chi connectivity index (χ4v) is 2.05. The molecule has 18 heavy (non-hydrogen) atoms. The molecule has 0 aliphatic rings. The van der Waals surface area contributed by atoms with Crippen molar-refractivity contribution in [3.8, 4) is 5.75 Å². The number of benzene rings is 1. The highest BCUT2D eigenvalue weighted by Crippen LogP contribution is 2.17. The first-order chi connectivity index (χ1) is 8.66. The number of carbonyl (C=O) groups excluding carboxylic acids is 1. The van der Waals surface area contributed by atoms with Crippen molar-refractivity contribution in [3.05, 3.63) is 46.2 Å². The summed E-state index contributed by atoms with van der Waals surface area (Å²) < 4.78 is 12.7. The second-order valence-electron chi connectivity index (χ2n) is 3.65. The Bertz CT molecular complexity index is 543. The molecule has 2 aromatic rings. The number of halogens is 1. The number of aromatic hydroxyl groups is 1. The summed E-state index contributed by atoms with van der Waals surface area (Å²) in [4.78, 5) is 15.8. The number of rotatable bonds is 4. The molecule has 0 saturated carbocycles. The third-order valence-electron chi connectivity index (χ3n) is 2.35.